The van der Waals surface area contributed by atoms with Gasteiger partial charge in [0.25, 0.3) is 0 Å². The highest BCUT2D eigenvalue weighted by Crippen LogP contribution is 2.05. The molecule has 0 radical (unpaired) electrons. The van der Waals surface area contributed by atoms with Crippen LogP contribution in [0.5, 0.6) is 0 Å². The second-order valence-corrected chi connectivity index (χ2v) is 1.94. The minimum absolute atomic E-state index is 0.994. The Labute approximate surface area is 49.3 Å². The quantitative estimate of drug-likeness (QED) is 0.540. The molecule has 1 aromatic heterocycles. The molecule has 8 heavy (non-hydrogen) atoms. The lowest BCUT2D eigenvalue weighted by Gasteiger charge is -1.79. The van der Waals surface area contributed by atoms with Crippen LogP contribution < -0.4 is 0 Å². The van der Waals surface area contributed by atoms with E-state index < -0.39 is 0 Å². The van der Waals surface area contributed by atoms with Gasteiger partial charge in [-0.2, -0.15) is 0 Å². The molecule has 1 heterocycles. The minimum atomic E-state index is 0.994. The van der Waals surface area contributed by atoms with Gasteiger partial charge in [0.15, 0.2) is 0 Å². The number of rotatable bonds is 1. The van der Waals surface area contributed by atoms with Crippen molar-refractivity contribution in [3.8, 4) is 0 Å². The molecule has 0 aliphatic heterocycles. The van der Waals surface area contributed by atoms with Gasteiger partial charge in [-0.3, -0.25) is 0 Å². The Hall–Kier alpha value is -0.720. The fourth-order valence-corrected chi connectivity index (χ4v) is 0.676. The Kier molecular flexibility index (Phi) is 1.38. The summed E-state index contributed by atoms with van der Waals surface area (Å²) in [5.41, 5.74) is 1.21. The Morgan fingerprint density at radius 1 is 1.62 bits per heavy atom. The zero-order valence-corrected chi connectivity index (χ0v) is 5.27. The summed E-state index contributed by atoms with van der Waals surface area (Å²) in [4.78, 5) is 0. The summed E-state index contributed by atoms with van der Waals surface area (Å²) in [7, 11) is 0. The van der Waals surface area contributed by atoms with E-state index in [2.05, 4.69) is 13.0 Å². The van der Waals surface area contributed by atoms with Gasteiger partial charge in [0.2, 0.25) is 0 Å². The predicted octanol–water partition coefficient (Wildman–Crippen LogP) is 2.15. The van der Waals surface area contributed by atoms with Gasteiger partial charge in [0, 0.05) is 6.42 Å². The third-order valence-electron chi connectivity index (χ3n) is 1.13. The van der Waals surface area contributed by atoms with E-state index in [0.29, 0.717) is 0 Å². The van der Waals surface area contributed by atoms with E-state index in [1.54, 1.807) is 6.26 Å². The van der Waals surface area contributed by atoms with Gasteiger partial charge in [0.05, 0.1) is 6.26 Å². The van der Waals surface area contributed by atoms with Crippen molar-refractivity contribution in [3.63, 3.8) is 0 Å². The fraction of sp³-hybridized carbons (Fsp3) is 0.429. The van der Waals surface area contributed by atoms with Crippen molar-refractivity contribution in [2.45, 2.75) is 20.3 Å². The predicted molar refractivity (Wildman–Crippen MR) is 32.8 cm³/mol. The molecule has 1 rings (SSSR count). The third kappa shape index (κ3) is 0.915. The molecular weight excluding hydrogens is 100 g/mol. The normalized spacial score (nSPS) is 9.75. The molecule has 0 amide bonds. The van der Waals surface area contributed by atoms with Crippen LogP contribution in [0.4, 0.5) is 0 Å². The first-order chi connectivity index (χ1) is 3.83. The van der Waals surface area contributed by atoms with E-state index in [-0.39, 0.29) is 0 Å². The molecule has 0 saturated carbocycles. The van der Waals surface area contributed by atoms with Crippen LogP contribution in [0.2, 0.25) is 0 Å². The van der Waals surface area contributed by atoms with Gasteiger partial charge in [-0.1, -0.05) is 6.92 Å². The molecule has 44 valence electrons. The summed E-state index contributed by atoms with van der Waals surface area (Å²) in [5.74, 6) is 1.07. The molecular formula is C7H10O. The highest BCUT2D eigenvalue weighted by molar-refractivity contribution is 5.09. The summed E-state index contributed by atoms with van der Waals surface area (Å²) < 4.78 is 5.11. The van der Waals surface area contributed by atoms with Crippen molar-refractivity contribution in [2.24, 2.45) is 0 Å². The Morgan fingerprint density at radius 3 is 2.62 bits per heavy atom. The van der Waals surface area contributed by atoms with Gasteiger partial charge in [-0.25, -0.2) is 0 Å². The third-order valence-corrected chi connectivity index (χ3v) is 1.13. The van der Waals surface area contributed by atoms with E-state index in [4.69, 9.17) is 4.42 Å². The summed E-state index contributed by atoms with van der Waals surface area (Å²) in [6.07, 6.45) is 2.77. The van der Waals surface area contributed by atoms with Crippen LogP contribution >= 0.6 is 0 Å². The maximum Gasteiger partial charge on any atom is 0.103 e. The van der Waals surface area contributed by atoms with Crippen molar-refractivity contribution in [1.82, 2.24) is 0 Å². The average molecular weight is 110 g/mol. The molecule has 1 heteroatoms. The second kappa shape index (κ2) is 2.03. The van der Waals surface area contributed by atoms with E-state index in [1.165, 1.54) is 5.56 Å². The zero-order chi connectivity index (χ0) is 5.98. The van der Waals surface area contributed by atoms with Crippen molar-refractivity contribution in [1.29, 1.82) is 0 Å². The monoisotopic (exact) mass is 110 g/mol. The molecule has 0 aliphatic carbocycles. The lowest BCUT2D eigenvalue weighted by molar-refractivity contribution is 0.515. The number of furan rings is 1. The molecule has 1 aromatic rings. The van der Waals surface area contributed by atoms with Gasteiger partial charge in [0.1, 0.15) is 5.76 Å². The first-order valence-corrected chi connectivity index (χ1v) is 2.87. The van der Waals surface area contributed by atoms with Crippen LogP contribution in [0.15, 0.2) is 16.7 Å². The van der Waals surface area contributed by atoms with Crippen molar-refractivity contribution >= 4 is 0 Å². The molecule has 1 nitrogen and oxygen atoms in total. The number of hydrogen-bond donors (Lipinski definition) is 0. The number of hydrogen-bond acceptors (Lipinski definition) is 1. The largest absolute Gasteiger partial charge is 0.469 e. The Bertz CT molecular complexity index is 165. The molecule has 0 atom stereocenters. The lowest BCUT2D eigenvalue weighted by atomic mass is 10.3. The van der Waals surface area contributed by atoms with E-state index in [0.717, 1.165) is 12.2 Å². The molecule has 0 fully saturated rings. The SMILES string of the molecule is CCc1cc(C)co1. The molecule has 0 aliphatic rings. The van der Waals surface area contributed by atoms with E-state index in [9.17, 15) is 0 Å². The summed E-state index contributed by atoms with van der Waals surface area (Å²) in [5, 5.41) is 0. The highest BCUT2D eigenvalue weighted by atomic mass is 16.3. The fourth-order valence-electron chi connectivity index (χ4n) is 0.676. The van der Waals surface area contributed by atoms with E-state index in [1.807, 2.05) is 6.92 Å². The van der Waals surface area contributed by atoms with Crippen LogP contribution in [0.25, 0.3) is 0 Å². The molecule has 0 N–H and O–H groups in total. The maximum atomic E-state index is 5.11. The van der Waals surface area contributed by atoms with Crippen molar-refractivity contribution in [3.05, 3.63) is 23.7 Å². The summed E-state index contributed by atoms with van der Waals surface area (Å²) in [6, 6.07) is 2.06. The van der Waals surface area contributed by atoms with Gasteiger partial charge in [-0.05, 0) is 18.6 Å². The topological polar surface area (TPSA) is 13.1 Å². The second-order valence-electron chi connectivity index (χ2n) is 1.94. The van der Waals surface area contributed by atoms with Gasteiger partial charge >= 0.3 is 0 Å². The standard InChI is InChI=1S/C7H10O/c1-3-7-4-6(2)5-8-7/h4-5H,3H2,1-2H3. The zero-order valence-electron chi connectivity index (χ0n) is 5.27. The first-order valence-electron chi connectivity index (χ1n) is 2.87. The van der Waals surface area contributed by atoms with Crippen molar-refractivity contribution in [2.75, 3.05) is 0 Å². The van der Waals surface area contributed by atoms with Crippen LogP contribution in [0.3, 0.4) is 0 Å². The summed E-state index contributed by atoms with van der Waals surface area (Å²) >= 11 is 0. The van der Waals surface area contributed by atoms with E-state index >= 15 is 0 Å². The lowest BCUT2D eigenvalue weighted by Crippen LogP contribution is -1.67. The van der Waals surface area contributed by atoms with Gasteiger partial charge in [-0.15, -0.1) is 0 Å². The molecule has 0 aromatic carbocycles. The Balaban J connectivity index is 2.84. The van der Waals surface area contributed by atoms with Crippen molar-refractivity contribution < 1.29 is 4.42 Å². The average Bonchev–Trinajstić information content (AvgIpc) is 2.14. The maximum absolute atomic E-state index is 5.11. The molecule has 0 spiro atoms. The summed E-state index contributed by atoms with van der Waals surface area (Å²) in [6.45, 7) is 4.11. The van der Waals surface area contributed by atoms with Crippen LogP contribution in [-0.2, 0) is 6.42 Å². The van der Waals surface area contributed by atoms with Crippen LogP contribution in [0, 0.1) is 6.92 Å². The van der Waals surface area contributed by atoms with Gasteiger partial charge < -0.3 is 4.42 Å². The molecule has 0 unspecified atom stereocenters. The number of aryl methyl sites for hydroxylation is 2. The molecule has 0 saturated heterocycles. The highest BCUT2D eigenvalue weighted by Gasteiger charge is 1.91. The van der Waals surface area contributed by atoms with Crippen LogP contribution in [0.1, 0.15) is 18.2 Å². The first kappa shape index (κ1) is 5.42. The minimum Gasteiger partial charge on any atom is -0.469 e. The molecule has 0 bridgehead atoms. The smallest absolute Gasteiger partial charge is 0.103 e. The Morgan fingerprint density at radius 2 is 2.38 bits per heavy atom. The van der Waals surface area contributed by atoms with Crippen LogP contribution in [-0.4, -0.2) is 0 Å².